The molecular formula is C69H72N6. The van der Waals surface area contributed by atoms with Crippen molar-refractivity contribution < 1.29 is 0 Å². The number of fused-ring (bicyclic) bond motifs is 3. The predicted octanol–water partition coefficient (Wildman–Crippen LogP) is 18.4. The van der Waals surface area contributed by atoms with E-state index in [1.165, 1.54) is 38.6 Å². The van der Waals surface area contributed by atoms with Crippen molar-refractivity contribution in [3.63, 3.8) is 0 Å². The zero-order valence-corrected chi connectivity index (χ0v) is 45.6. The van der Waals surface area contributed by atoms with Crippen molar-refractivity contribution in [2.24, 2.45) is 0 Å². The van der Waals surface area contributed by atoms with Crippen LogP contribution in [0.1, 0.15) is 129 Å². The summed E-state index contributed by atoms with van der Waals surface area (Å²) in [5.74, 6) is 2.59. The van der Waals surface area contributed by atoms with Crippen molar-refractivity contribution in [1.29, 1.82) is 0 Å². The topological polar surface area (TPSA) is 69.4 Å². The molecule has 0 fully saturated rings. The molecule has 0 saturated carbocycles. The number of unbranched alkanes of at least 4 members (excludes halogenated alkanes) is 3. The molecule has 75 heavy (non-hydrogen) atoms. The first-order chi connectivity index (χ1) is 36.3. The van der Waals surface area contributed by atoms with Crippen LogP contribution in [0.5, 0.6) is 0 Å². The molecule has 6 nitrogen and oxygen atoms in total. The first kappa shape index (κ1) is 50.9. The summed E-state index contributed by atoms with van der Waals surface area (Å²) in [5.41, 5.74) is 17.0. The highest BCUT2D eigenvalue weighted by Crippen LogP contribution is 2.41. The van der Waals surface area contributed by atoms with E-state index in [9.17, 15) is 0 Å². The molecule has 378 valence electrons. The molecule has 10 rings (SSSR count). The number of hydrogen-bond acceptors (Lipinski definition) is 5. The summed E-state index contributed by atoms with van der Waals surface area (Å²) < 4.78 is 2.42. The normalized spacial score (nSPS) is 12.0. The Morgan fingerprint density at radius 2 is 0.867 bits per heavy atom. The Balaban J connectivity index is 1.30. The smallest absolute Gasteiger partial charge is 0.166 e. The Morgan fingerprint density at radius 1 is 0.360 bits per heavy atom. The first-order valence-corrected chi connectivity index (χ1v) is 27.5. The summed E-state index contributed by atoms with van der Waals surface area (Å²) in [5, 5.41) is 2.45. The molecule has 0 aliphatic rings. The molecule has 10 aromatic rings. The molecule has 3 aromatic heterocycles. The quantitative estimate of drug-likeness (QED) is 0.0965. The van der Waals surface area contributed by atoms with E-state index in [-0.39, 0.29) is 10.8 Å². The molecule has 6 heteroatoms. The van der Waals surface area contributed by atoms with Gasteiger partial charge in [-0.15, -0.1) is 0 Å². The van der Waals surface area contributed by atoms with Crippen LogP contribution in [0.25, 0.3) is 95.6 Å². The minimum atomic E-state index is -0.111. The van der Waals surface area contributed by atoms with Crippen LogP contribution in [-0.2, 0) is 30.1 Å². The molecule has 0 unspecified atom stereocenters. The zero-order chi connectivity index (χ0) is 52.3. The summed E-state index contributed by atoms with van der Waals surface area (Å²) in [7, 11) is 0. The van der Waals surface area contributed by atoms with Gasteiger partial charge in [0.15, 0.2) is 23.3 Å². The van der Waals surface area contributed by atoms with Crippen molar-refractivity contribution in [3.8, 4) is 73.8 Å². The third kappa shape index (κ3) is 11.1. The van der Waals surface area contributed by atoms with Gasteiger partial charge in [-0.05, 0) is 138 Å². The maximum Gasteiger partial charge on any atom is 0.166 e. The van der Waals surface area contributed by atoms with Crippen molar-refractivity contribution in [2.45, 2.75) is 131 Å². The minimum absolute atomic E-state index is 0.111. The fourth-order valence-corrected chi connectivity index (χ4v) is 10.3. The zero-order valence-electron chi connectivity index (χ0n) is 45.6. The second-order valence-corrected chi connectivity index (χ2v) is 22.6. The van der Waals surface area contributed by atoms with E-state index in [4.69, 9.17) is 24.9 Å². The minimum Gasteiger partial charge on any atom is -0.309 e. The molecule has 0 N–H and O–H groups in total. The first-order valence-electron chi connectivity index (χ1n) is 27.5. The lowest BCUT2D eigenvalue weighted by molar-refractivity contribution is 0.569. The molecule has 0 amide bonds. The van der Waals surface area contributed by atoms with Gasteiger partial charge in [-0.1, -0.05) is 185 Å². The lowest BCUT2D eigenvalue weighted by Gasteiger charge is -2.26. The molecule has 3 heterocycles. The maximum atomic E-state index is 5.67. The average molecular weight is 985 g/mol. The van der Waals surface area contributed by atoms with Gasteiger partial charge in [0.25, 0.3) is 0 Å². The lowest BCUT2D eigenvalue weighted by Crippen LogP contribution is -2.17. The van der Waals surface area contributed by atoms with Crippen LogP contribution in [0.15, 0.2) is 164 Å². The van der Waals surface area contributed by atoms with E-state index in [0.717, 1.165) is 119 Å². The summed E-state index contributed by atoms with van der Waals surface area (Å²) in [6.45, 7) is 20.5. The van der Waals surface area contributed by atoms with Gasteiger partial charge in [0.05, 0.1) is 28.1 Å². The molecular weight excluding hydrogens is 913 g/mol. The summed E-state index contributed by atoms with van der Waals surface area (Å²) >= 11 is 0. The van der Waals surface area contributed by atoms with Crippen molar-refractivity contribution in [2.75, 3.05) is 0 Å². The molecule has 0 atom stereocenters. The van der Waals surface area contributed by atoms with Gasteiger partial charge < -0.3 is 4.57 Å². The highest BCUT2D eigenvalue weighted by atomic mass is 15.1. The molecule has 7 aromatic carbocycles. The molecule has 0 radical (unpaired) electrons. The maximum absolute atomic E-state index is 5.67. The predicted molar refractivity (Wildman–Crippen MR) is 316 cm³/mol. The highest BCUT2D eigenvalue weighted by Gasteiger charge is 2.25. The largest absolute Gasteiger partial charge is 0.309 e. The lowest BCUT2D eigenvalue weighted by atomic mass is 9.79. The van der Waals surface area contributed by atoms with E-state index >= 15 is 0 Å². The van der Waals surface area contributed by atoms with E-state index < -0.39 is 0 Å². The third-order valence-electron chi connectivity index (χ3n) is 14.7. The van der Waals surface area contributed by atoms with Gasteiger partial charge in [-0.2, -0.15) is 0 Å². The number of rotatable bonds is 16. The number of para-hydroxylation sites is 1. The van der Waals surface area contributed by atoms with Crippen LogP contribution < -0.4 is 0 Å². The summed E-state index contributed by atoms with van der Waals surface area (Å²) in [4.78, 5) is 27.4. The number of benzene rings is 7. The third-order valence-corrected chi connectivity index (χ3v) is 14.7. The number of aromatic nitrogens is 6. The summed E-state index contributed by atoms with van der Waals surface area (Å²) in [6, 6.07) is 59.4. The molecule has 0 bridgehead atoms. The van der Waals surface area contributed by atoms with Crippen LogP contribution in [-0.4, -0.2) is 29.5 Å². The SMILES string of the molecule is CCCCc1cc(CCCC)cc(-c2nc(-c3cc(C(C)(C)C)cc(C(C)(C)C)c3)nc(-c3cc(-c4cc(-c5ccccc5)nc(-c5ccccc5)n4)ccc3-n3c4ccccc4c4cc(CCCC)ccc43)n2)c1. The fourth-order valence-electron chi connectivity index (χ4n) is 10.3. The Bertz CT molecular complexity index is 3510. The van der Waals surface area contributed by atoms with Gasteiger partial charge in [0.1, 0.15) is 0 Å². The second kappa shape index (κ2) is 21.7. The summed E-state index contributed by atoms with van der Waals surface area (Å²) in [6.07, 6.45) is 9.86. The molecule has 0 saturated heterocycles. The van der Waals surface area contributed by atoms with Crippen molar-refractivity contribution in [3.05, 3.63) is 192 Å². The van der Waals surface area contributed by atoms with Gasteiger partial charge >= 0.3 is 0 Å². The molecule has 0 aliphatic carbocycles. The van der Waals surface area contributed by atoms with Crippen LogP contribution in [0.2, 0.25) is 0 Å². The van der Waals surface area contributed by atoms with Crippen LogP contribution in [0.4, 0.5) is 0 Å². The van der Waals surface area contributed by atoms with Crippen molar-refractivity contribution in [1.82, 2.24) is 29.5 Å². The van der Waals surface area contributed by atoms with Gasteiger partial charge in [0, 0.05) is 44.2 Å². The molecule has 0 aliphatic heterocycles. The van der Waals surface area contributed by atoms with E-state index in [1.54, 1.807) is 0 Å². The highest BCUT2D eigenvalue weighted by molar-refractivity contribution is 6.10. The Labute approximate surface area is 445 Å². The van der Waals surface area contributed by atoms with Gasteiger partial charge in [0.2, 0.25) is 0 Å². The van der Waals surface area contributed by atoms with E-state index in [0.29, 0.717) is 23.3 Å². The van der Waals surface area contributed by atoms with Gasteiger partial charge in [-0.3, -0.25) is 0 Å². The fraction of sp³-hybridized carbons (Fsp3) is 0.290. The Kier molecular flexibility index (Phi) is 14.8. The van der Waals surface area contributed by atoms with Gasteiger partial charge in [-0.25, -0.2) is 24.9 Å². The molecule has 0 spiro atoms. The number of hydrogen-bond donors (Lipinski definition) is 0. The van der Waals surface area contributed by atoms with Crippen LogP contribution in [0, 0.1) is 0 Å². The van der Waals surface area contributed by atoms with Crippen LogP contribution >= 0.6 is 0 Å². The van der Waals surface area contributed by atoms with E-state index in [2.05, 4.69) is 206 Å². The Hall–Kier alpha value is -7.57. The second-order valence-electron chi connectivity index (χ2n) is 22.6. The van der Waals surface area contributed by atoms with Crippen molar-refractivity contribution >= 4 is 21.8 Å². The average Bonchev–Trinajstić information content (AvgIpc) is 3.77. The van der Waals surface area contributed by atoms with Crippen LogP contribution in [0.3, 0.4) is 0 Å². The van der Waals surface area contributed by atoms with E-state index in [1.807, 2.05) is 24.3 Å². The Morgan fingerprint density at radius 3 is 1.47 bits per heavy atom. The standard InChI is InChI=1S/C69H72N6/c1-10-13-24-46-33-35-62-57(40-46)56-31-22-23-32-61(56)75(62)63-36-34-51(60-45-59(49-27-18-16-19-28-49)70-64(71-60)50-29-20-17-21-30-50)43-58(63)67-73-65(52-38-47(25-14-11-2)37-48(39-52)26-15-12-3)72-66(74-67)53-41-54(68(4,5)6)44-55(42-53)69(7,8)9/h16-23,27-45H,10-15,24-26H2,1-9H3. The number of aryl methyl sites for hydroxylation is 3. The monoisotopic (exact) mass is 985 g/mol. The number of nitrogens with zero attached hydrogens (tertiary/aromatic N) is 6.